The van der Waals surface area contributed by atoms with Crippen molar-refractivity contribution in [2.75, 3.05) is 18.9 Å². The summed E-state index contributed by atoms with van der Waals surface area (Å²) in [7, 11) is 0. The molecule has 0 radical (unpaired) electrons. The first-order valence-corrected chi connectivity index (χ1v) is 5.79. The van der Waals surface area contributed by atoms with Crippen LogP contribution in [-0.4, -0.2) is 39.1 Å². The maximum atomic E-state index is 11.6. The molecule has 0 spiro atoms. The van der Waals surface area contributed by atoms with Crippen LogP contribution in [0.25, 0.3) is 0 Å². The van der Waals surface area contributed by atoms with Gasteiger partial charge in [0.2, 0.25) is 0 Å². The van der Waals surface area contributed by atoms with Crippen molar-refractivity contribution in [3.05, 3.63) is 21.2 Å². The molecular formula is C9H12BrN3O4. The van der Waals surface area contributed by atoms with Crippen LogP contribution < -0.4 is 11.4 Å². The zero-order valence-corrected chi connectivity index (χ0v) is 10.4. The van der Waals surface area contributed by atoms with Crippen molar-refractivity contribution >= 4 is 21.7 Å². The fourth-order valence-electron chi connectivity index (χ4n) is 1.77. The molecule has 0 aromatic carbocycles. The Morgan fingerprint density at radius 3 is 2.82 bits per heavy atom. The Hall–Kier alpha value is -0.960. The number of hydrogen-bond donors (Lipinski definition) is 3. The van der Waals surface area contributed by atoms with E-state index in [1.165, 1.54) is 10.8 Å². The number of anilines is 1. The van der Waals surface area contributed by atoms with E-state index in [1.807, 2.05) is 0 Å². The summed E-state index contributed by atoms with van der Waals surface area (Å²) in [5.41, 5.74) is 4.92. The minimum Gasteiger partial charge on any atom is -0.396 e. The zero-order chi connectivity index (χ0) is 12.6. The van der Waals surface area contributed by atoms with E-state index in [1.54, 1.807) is 0 Å². The van der Waals surface area contributed by atoms with Gasteiger partial charge in [0.25, 0.3) is 0 Å². The van der Waals surface area contributed by atoms with Gasteiger partial charge in [0.15, 0.2) is 0 Å². The van der Waals surface area contributed by atoms with E-state index in [0.29, 0.717) is 4.47 Å². The first-order valence-electron chi connectivity index (χ1n) is 4.99. The number of rotatable bonds is 3. The zero-order valence-electron chi connectivity index (χ0n) is 8.78. The number of nitrogens with zero attached hydrogens (tertiary/aromatic N) is 2. The number of hydrogen-bond acceptors (Lipinski definition) is 6. The summed E-state index contributed by atoms with van der Waals surface area (Å²) in [5, 5.41) is 18.1. The molecule has 8 heteroatoms. The quantitative estimate of drug-likeness (QED) is 0.666. The molecule has 3 atom stereocenters. The molecule has 1 fully saturated rings. The highest BCUT2D eigenvalue weighted by atomic mass is 79.9. The monoisotopic (exact) mass is 305 g/mol. The molecule has 17 heavy (non-hydrogen) atoms. The fraction of sp³-hybridized carbons (Fsp3) is 0.556. The van der Waals surface area contributed by atoms with E-state index >= 15 is 0 Å². The van der Waals surface area contributed by atoms with Crippen molar-refractivity contribution in [1.29, 1.82) is 0 Å². The van der Waals surface area contributed by atoms with Gasteiger partial charge >= 0.3 is 5.69 Å². The Bertz CT molecular complexity index is 478. The van der Waals surface area contributed by atoms with Gasteiger partial charge < -0.3 is 20.7 Å². The molecule has 1 aliphatic rings. The standard InChI is InChI=1S/C9H12BrN3O4/c10-5-1-13(9(16)12-7(5)11)8-4(2-14)6(3-15)17-8/h1,4,6,8,14-15H,2-3H2,(H2,11,12,16)/t4-,6-,8-/m1/s1. The Labute approximate surface area is 105 Å². The van der Waals surface area contributed by atoms with Crippen LogP contribution in [0.1, 0.15) is 6.23 Å². The molecule has 0 aliphatic carbocycles. The van der Waals surface area contributed by atoms with E-state index in [2.05, 4.69) is 20.9 Å². The topological polar surface area (TPSA) is 111 Å². The highest BCUT2D eigenvalue weighted by molar-refractivity contribution is 9.10. The SMILES string of the molecule is Nc1nc(=O)n([C@@H]2O[C@H](CO)[C@H]2CO)cc1Br. The van der Waals surface area contributed by atoms with E-state index in [9.17, 15) is 9.90 Å². The van der Waals surface area contributed by atoms with E-state index < -0.39 is 18.0 Å². The summed E-state index contributed by atoms with van der Waals surface area (Å²) in [6.45, 7) is -0.371. The predicted molar refractivity (Wildman–Crippen MR) is 62.2 cm³/mol. The van der Waals surface area contributed by atoms with Crippen LogP contribution in [0.5, 0.6) is 0 Å². The van der Waals surface area contributed by atoms with Crippen molar-refractivity contribution in [2.45, 2.75) is 12.3 Å². The second-order valence-electron chi connectivity index (χ2n) is 3.76. The van der Waals surface area contributed by atoms with Gasteiger partial charge in [0, 0.05) is 6.20 Å². The number of aliphatic hydroxyl groups is 2. The molecule has 2 heterocycles. The lowest BCUT2D eigenvalue weighted by Gasteiger charge is -2.43. The molecule has 1 aliphatic heterocycles. The molecule has 0 amide bonds. The number of nitrogen functional groups attached to an aromatic ring is 1. The smallest absolute Gasteiger partial charge is 0.351 e. The summed E-state index contributed by atoms with van der Waals surface area (Å²) in [4.78, 5) is 15.2. The van der Waals surface area contributed by atoms with Gasteiger partial charge in [-0.15, -0.1) is 0 Å². The Morgan fingerprint density at radius 2 is 2.24 bits per heavy atom. The molecule has 4 N–H and O–H groups in total. The molecule has 0 saturated carbocycles. The Balaban J connectivity index is 2.30. The maximum Gasteiger partial charge on any atom is 0.351 e. The number of aromatic nitrogens is 2. The van der Waals surface area contributed by atoms with Gasteiger partial charge in [-0.25, -0.2) is 4.79 Å². The minimum absolute atomic E-state index is 0.102. The van der Waals surface area contributed by atoms with Crippen molar-refractivity contribution in [2.24, 2.45) is 5.92 Å². The summed E-state index contributed by atoms with van der Waals surface area (Å²) in [5.74, 6) is -0.222. The molecule has 7 nitrogen and oxygen atoms in total. The van der Waals surface area contributed by atoms with Gasteiger partial charge in [-0.1, -0.05) is 0 Å². The van der Waals surface area contributed by atoms with Gasteiger partial charge in [0.1, 0.15) is 12.0 Å². The van der Waals surface area contributed by atoms with Gasteiger partial charge in [-0.2, -0.15) is 4.98 Å². The lowest BCUT2D eigenvalue weighted by atomic mass is 9.95. The van der Waals surface area contributed by atoms with E-state index in [0.717, 1.165) is 0 Å². The van der Waals surface area contributed by atoms with E-state index in [-0.39, 0.29) is 24.9 Å². The maximum absolute atomic E-state index is 11.6. The third kappa shape index (κ3) is 2.08. The number of aliphatic hydroxyl groups excluding tert-OH is 2. The predicted octanol–water partition coefficient (Wildman–Crippen LogP) is -0.914. The van der Waals surface area contributed by atoms with E-state index in [4.69, 9.17) is 15.6 Å². The lowest BCUT2D eigenvalue weighted by Crippen LogP contribution is -2.52. The van der Waals surface area contributed by atoms with Crippen molar-refractivity contribution < 1.29 is 14.9 Å². The molecule has 0 bridgehead atoms. The highest BCUT2D eigenvalue weighted by Gasteiger charge is 2.43. The first-order chi connectivity index (χ1) is 8.08. The molecule has 2 rings (SSSR count). The second kappa shape index (κ2) is 4.73. The van der Waals surface area contributed by atoms with Crippen LogP contribution in [-0.2, 0) is 4.74 Å². The summed E-state index contributed by atoms with van der Waals surface area (Å²) < 4.78 is 7.03. The lowest BCUT2D eigenvalue weighted by molar-refractivity contribution is -0.246. The van der Waals surface area contributed by atoms with Gasteiger partial charge in [-0.05, 0) is 15.9 Å². The molecule has 1 saturated heterocycles. The molecule has 0 unspecified atom stereocenters. The third-order valence-electron chi connectivity index (χ3n) is 2.76. The average Bonchev–Trinajstić information content (AvgIpc) is 2.25. The average molecular weight is 306 g/mol. The molecular weight excluding hydrogens is 294 g/mol. The summed E-state index contributed by atoms with van der Waals surface area (Å²) in [6, 6.07) is 0. The third-order valence-corrected chi connectivity index (χ3v) is 3.37. The fourth-order valence-corrected chi connectivity index (χ4v) is 2.08. The Kier molecular flexibility index (Phi) is 3.48. The van der Waals surface area contributed by atoms with Crippen LogP contribution in [0.4, 0.5) is 5.82 Å². The second-order valence-corrected chi connectivity index (χ2v) is 4.61. The van der Waals surface area contributed by atoms with Crippen molar-refractivity contribution in [3.63, 3.8) is 0 Å². The summed E-state index contributed by atoms with van der Waals surface area (Å²) >= 11 is 3.16. The van der Waals surface area contributed by atoms with Crippen LogP contribution in [0, 0.1) is 5.92 Å². The largest absolute Gasteiger partial charge is 0.396 e. The van der Waals surface area contributed by atoms with Crippen molar-refractivity contribution in [1.82, 2.24) is 9.55 Å². The Morgan fingerprint density at radius 1 is 1.53 bits per heavy atom. The minimum atomic E-state index is -0.617. The van der Waals surface area contributed by atoms with Crippen LogP contribution in [0.2, 0.25) is 0 Å². The first kappa shape index (κ1) is 12.5. The highest BCUT2D eigenvalue weighted by Crippen LogP contribution is 2.36. The van der Waals surface area contributed by atoms with Gasteiger partial charge in [0.05, 0.1) is 29.7 Å². The van der Waals surface area contributed by atoms with Crippen LogP contribution >= 0.6 is 15.9 Å². The number of ether oxygens (including phenoxy) is 1. The number of halogens is 1. The van der Waals surface area contributed by atoms with Crippen molar-refractivity contribution in [3.8, 4) is 0 Å². The normalized spacial score (nSPS) is 27.8. The number of nitrogens with two attached hydrogens (primary N) is 1. The van der Waals surface area contributed by atoms with Crippen LogP contribution in [0.15, 0.2) is 15.5 Å². The molecule has 1 aromatic heterocycles. The summed E-state index contributed by atoms with van der Waals surface area (Å²) in [6.07, 6.45) is 0.397. The molecule has 1 aromatic rings. The van der Waals surface area contributed by atoms with Gasteiger partial charge in [-0.3, -0.25) is 4.57 Å². The molecule has 94 valence electrons. The van der Waals surface area contributed by atoms with Crippen LogP contribution in [0.3, 0.4) is 0 Å².